The van der Waals surface area contributed by atoms with Crippen LogP contribution in [0.15, 0.2) is 65.5 Å². The van der Waals surface area contributed by atoms with Gasteiger partial charge in [0.25, 0.3) is 0 Å². The van der Waals surface area contributed by atoms with Gasteiger partial charge in [0, 0.05) is 31.3 Å². The van der Waals surface area contributed by atoms with Crippen molar-refractivity contribution in [2.75, 3.05) is 6.54 Å². The van der Waals surface area contributed by atoms with Gasteiger partial charge in [0.15, 0.2) is 0 Å². The molecule has 0 unspecified atom stereocenters. The van der Waals surface area contributed by atoms with Crippen LogP contribution in [0.3, 0.4) is 0 Å². The molecule has 3 aromatic rings. The van der Waals surface area contributed by atoms with E-state index in [1.165, 1.54) is 11.1 Å². The smallest absolute Gasteiger partial charge is 0.105 e. The van der Waals surface area contributed by atoms with Gasteiger partial charge in [0.2, 0.25) is 0 Å². The first-order valence-electron chi connectivity index (χ1n) is 7.18. The van der Waals surface area contributed by atoms with Crippen LogP contribution in [0.4, 0.5) is 0 Å². The quantitative estimate of drug-likeness (QED) is 0.677. The monoisotopic (exact) mass is 281 g/mol. The van der Waals surface area contributed by atoms with E-state index in [2.05, 4.69) is 40.9 Å². The lowest BCUT2D eigenvalue weighted by Crippen LogP contribution is -2.16. The summed E-state index contributed by atoms with van der Waals surface area (Å²) in [6, 6.07) is 14.3. The molecule has 1 aromatic carbocycles. The molecule has 0 atom stereocenters. The summed E-state index contributed by atoms with van der Waals surface area (Å²) in [6.07, 6.45) is 6.63. The third kappa shape index (κ3) is 4.07. The van der Waals surface area contributed by atoms with Gasteiger partial charge in [-0.2, -0.15) is 5.10 Å². The van der Waals surface area contributed by atoms with Crippen LogP contribution in [0.5, 0.6) is 0 Å². The van der Waals surface area contributed by atoms with E-state index >= 15 is 0 Å². The number of rotatable bonds is 7. The molecule has 4 nitrogen and oxygen atoms in total. The molecule has 2 heterocycles. The Bertz CT molecular complexity index is 644. The zero-order chi connectivity index (χ0) is 14.3. The van der Waals surface area contributed by atoms with Gasteiger partial charge in [0.1, 0.15) is 5.76 Å². The topological polar surface area (TPSA) is 43.0 Å². The van der Waals surface area contributed by atoms with E-state index in [1.54, 1.807) is 6.26 Å². The predicted molar refractivity (Wildman–Crippen MR) is 81.9 cm³/mol. The van der Waals surface area contributed by atoms with Gasteiger partial charge < -0.3 is 9.73 Å². The van der Waals surface area contributed by atoms with E-state index in [-0.39, 0.29) is 0 Å². The molecular weight excluding hydrogens is 262 g/mol. The van der Waals surface area contributed by atoms with Gasteiger partial charge in [-0.3, -0.25) is 4.68 Å². The average Bonchev–Trinajstić information content (AvgIpc) is 3.17. The first-order chi connectivity index (χ1) is 10.4. The molecule has 0 bridgehead atoms. The molecule has 21 heavy (non-hydrogen) atoms. The van der Waals surface area contributed by atoms with Crippen molar-refractivity contribution in [3.63, 3.8) is 0 Å². The summed E-state index contributed by atoms with van der Waals surface area (Å²) >= 11 is 0. The first-order valence-corrected chi connectivity index (χ1v) is 7.18. The van der Waals surface area contributed by atoms with Crippen molar-refractivity contribution >= 4 is 0 Å². The van der Waals surface area contributed by atoms with Gasteiger partial charge in [0.05, 0.1) is 19.0 Å². The van der Waals surface area contributed by atoms with Crippen LogP contribution in [0.25, 0.3) is 0 Å². The van der Waals surface area contributed by atoms with Crippen LogP contribution in [0.2, 0.25) is 0 Å². The summed E-state index contributed by atoms with van der Waals surface area (Å²) in [5.74, 6) is 1.02. The average molecular weight is 281 g/mol. The Morgan fingerprint density at radius 3 is 2.76 bits per heavy atom. The van der Waals surface area contributed by atoms with Crippen molar-refractivity contribution in [1.29, 1.82) is 0 Å². The second-order valence-corrected chi connectivity index (χ2v) is 5.04. The van der Waals surface area contributed by atoms with E-state index < -0.39 is 0 Å². The van der Waals surface area contributed by atoms with Crippen molar-refractivity contribution < 1.29 is 4.42 Å². The van der Waals surface area contributed by atoms with Crippen LogP contribution in [0.1, 0.15) is 16.9 Å². The van der Waals surface area contributed by atoms with E-state index in [4.69, 9.17) is 4.42 Å². The minimum atomic E-state index is 0.813. The number of hydrogen-bond donors (Lipinski definition) is 1. The third-order valence-corrected chi connectivity index (χ3v) is 3.33. The molecule has 108 valence electrons. The Morgan fingerprint density at radius 1 is 1.05 bits per heavy atom. The summed E-state index contributed by atoms with van der Waals surface area (Å²) in [6.45, 7) is 2.54. The standard InChI is InChI=1S/C17H19N3O/c1-2-5-15(6-3-1)13-20-14-16(12-19-20)11-18-9-8-17-7-4-10-21-17/h1-7,10,12,14,18H,8-9,11,13H2. The Morgan fingerprint density at radius 2 is 1.95 bits per heavy atom. The van der Waals surface area contributed by atoms with E-state index in [9.17, 15) is 0 Å². The SMILES string of the molecule is c1ccc(Cn2cc(CNCCc3ccco3)cn2)cc1. The summed E-state index contributed by atoms with van der Waals surface area (Å²) in [7, 11) is 0. The molecule has 0 aliphatic rings. The lowest BCUT2D eigenvalue weighted by molar-refractivity contribution is 0.499. The highest BCUT2D eigenvalue weighted by Crippen LogP contribution is 2.04. The molecule has 0 fully saturated rings. The highest BCUT2D eigenvalue weighted by Gasteiger charge is 2.00. The van der Waals surface area contributed by atoms with Crippen molar-refractivity contribution in [2.45, 2.75) is 19.5 Å². The van der Waals surface area contributed by atoms with E-state index in [0.29, 0.717) is 0 Å². The van der Waals surface area contributed by atoms with Crippen LogP contribution >= 0.6 is 0 Å². The third-order valence-electron chi connectivity index (χ3n) is 3.33. The molecule has 4 heteroatoms. The van der Waals surface area contributed by atoms with E-state index in [1.807, 2.05) is 29.1 Å². The van der Waals surface area contributed by atoms with Gasteiger partial charge in [-0.05, 0) is 17.7 Å². The van der Waals surface area contributed by atoms with Crippen molar-refractivity contribution in [2.24, 2.45) is 0 Å². The zero-order valence-corrected chi connectivity index (χ0v) is 11.9. The molecule has 0 radical (unpaired) electrons. The molecule has 2 aromatic heterocycles. The fraction of sp³-hybridized carbons (Fsp3) is 0.235. The van der Waals surface area contributed by atoms with Crippen molar-refractivity contribution in [1.82, 2.24) is 15.1 Å². The highest BCUT2D eigenvalue weighted by molar-refractivity contribution is 5.15. The normalized spacial score (nSPS) is 10.9. The van der Waals surface area contributed by atoms with E-state index in [0.717, 1.165) is 31.8 Å². The molecule has 3 rings (SSSR count). The van der Waals surface area contributed by atoms with Crippen molar-refractivity contribution in [3.8, 4) is 0 Å². The van der Waals surface area contributed by atoms with Crippen LogP contribution in [-0.2, 0) is 19.5 Å². The van der Waals surface area contributed by atoms with Gasteiger partial charge in [-0.1, -0.05) is 30.3 Å². The summed E-state index contributed by atoms with van der Waals surface area (Å²) < 4.78 is 7.27. The van der Waals surface area contributed by atoms with Gasteiger partial charge >= 0.3 is 0 Å². The van der Waals surface area contributed by atoms with Crippen LogP contribution in [-0.4, -0.2) is 16.3 Å². The fourth-order valence-electron chi connectivity index (χ4n) is 2.25. The summed E-state index contributed by atoms with van der Waals surface area (Å²) in [5.41, 5.74) is 2.46. The number of furan rings is 1. The number of nitrogens with one attached hydrogen (secondary N) is 1. The fourth-order valence-corrected chi connectivity index (χ4v) is 2.25. The maximum atomic E-state index is 5.30. The lowest BCUT2D eigenvalue weighted by Gasteiger charge is -2.02. The predicted octanol–water partition coefficient (Wildman–Crippen LogP) is 2.86. The molecule has 1 N–H and O–H groups in total. The maximum Gasteiger partial charge on any atom is 0.105 e. The van der Waals surface area contributed by atoms with Gasteiger partial charge in [-0.15, -0.1) is 0 Å². The number of nitrogens with zero attached hydrogens (tertiary/aromatic N) is 2. The van der Waals surface area contributed by atoms with Crippen molar-refractivity contribution in [3.05, 3.63) is 78.0 Å². The molecular formula is C17H19N3O. The molecule has 0 saturated heterocycles. The number of benzene rings is 1. The molecule has 0 spiro atoms. The van der Waals surface area contributed by atoms with Gasteiger partial charge in [-0.25, -0.2) is 0 Å². The summed E-state index contributed by atoms with van der Waals surface area (Å²) in [4.78, 5) is 0. The maximum absolute atomic E-state index is 5.30. The molecule has 0 amide bonds. The summed E-state index contributed by atoms with van der Waals surface area (Å²) in [5, 5.41) is 7.80. The lowest BCUT2D eigenvalue weighted by atomic mass is 10.2. The zero-order valence-electron chi connectivity index (χ0n) is 11.9. The minimum Gasteiger partial charge on any atom is -0.469 e. The molecule has 0 aliphatic carbocycles. The highest BCUT2D eigenvalue weighted by atomic mass is 16.3. The largest absolute Gasteiger partial charge is 0.469 e. The second-order valence-electron chi connectivity index (χ2n) is 5.04. The number of aromatic nitrogens is 2. The number of hydrogen-bond acceptors (Lipinski definition) is 3. The first kappa shape index (κ1) is 13.6. The van der Waals surface area contributed by atoms with Crippen LogP contribution in [0, 0.1) is 0 Å². The Labute approximate surface area is 124 Å². The molecule has 0 saturated carbocycles. The Hall–Kier alpha value is -2.33. The Balaban J connectivity index is 1.44. The second kappa shape index (κ2) is 6.90. The Kier molecular flexibility index (Phi) is 4.49. The van der Waals surface area contributed by atoms with Crippen LogP contribution < -0.4 is 5.32 Å². The minimum absolute atomic E-state index is 0.813. The molecule has 0 aliphatic heterocycles.